The number of nitrogens with one attached hydrogen (secondary N) is 1. The molecule has 5 heteroatoms. The molecule has 2 aromatic carbocycles. The number of hydrogen-bond acceptors (Lipinski definition) is 2. The Hall–Kier alpha value is -1.62. The van der Waals surface area contributed by atoms with Gasteiger partial charge >= 0.3 is 0 Å². The van der Waals surface area contributed by atoms with Crippen LogP contribution in [-0.4, -0.2) is 47.1 Å². The molecule has 4 rings (SSSR count). The van der Waals surface area contributed by atoms with E-state index in [0.29, 0.717) is 6.04 Å². The van der Waals surface area contributed by atoms with Gasteiger partial charge in [0.1, 0.15) is 0 Å². The normalized spacial score (nSPS) is 18.0. The maximum absolute atomic E-state index is 6.32. The van der Waals surface area contributed by atoms with E-state index in [9.17, 15) is 0 Å². The van der Waals surface area contributed by atoms with Gasteiger partial charge in [0.2, 0.25) is 0 Å². The van der Waals surface area contributed by atoms with Gasteiger partial charge in [-0.1, -0.05) is 41.9 Å². The summed E-state index contributed by atoms with van der Waals surface area (Å²) in [6, 6.07) is 15.5. The third-order valence-electron chi connectivity index (χ3n) is 5.51. The lowest BCUT2D eigenvalue weighted by atomic mass is 10.1. The first-order chi connectivity index (χ1) is 12.6. The Labute approximate surface area is 165 Å². The number of benzene rings is 2. The first-order valence-electron chi connectivity index (χ1n) is 9.23. The zero-order valence-electron chi connectivity index (χ0n) is 15.0. The van der Waals surface area contributed by atoms with Crippen molar-refractivity contribution in [3.05, 3.63) is 64.2 Å². The summed E-state index contributed by atoms with van der Waals surface area (Å²) in [4.78, 5) is 4.88. The van der Waals surface area contributed by atoms with Crippen molar-refractivity contribution >= 4 is 34.6 Å². The van der Waals surface area contributed by atoms with E-state index in [1.165, 1.54) is 24.0 Å². The Kier molecular flexibility index (Phi) is 5.16. The van der Waals surface area contributed by atoms with Crippen LogP contribution in [0, 0.1) is 6.92 Å². The van der Waals surface area contributed by atoms with E-state index in [0.717, 1.165) is 47.6 Å². The van der Waals surface area contributed by atoms with Gasteiger partial charge in [0, 0.05) is 32.2 Å². The molecule has 0 bridgehead atoms. The average molecular weight is 386 g/mol. The van der Waals surface area contributed by atoms with E-state index in [1.807, 2.05) is 25.1 Å². The fourth-order valence-corrected chi connectivity index (χ4v) is 4.57. The number of thiocarbonyl (C=S) groups is 1. The van der Waals surface area contributed by atoms with Crippen molar-refractivity contribution in [1.29, 1.82) is 0 Å². The molecule has 1 heterocycles. The Morgan fingerprint density at radius 3 is 2.31 bits per heavy atom. The molecular weight excluding hydrogens is 362 g/mol. The smallest absolute Gasteiger partial charge is 0.173 e. The number of piperazine rings is 1. The van der Waals surface area contributed by atoms with Crippen molar-refractivity contribution in [2.24, 2.45) is 0 Å². The Balaban J connectivity index is 1.32. The third kappa shape index (κ3) is 3.73. The van der Waals surface area contributed by atoms with Crippen LogP contribution in [0.2, 0.25) is 5.02 Å². The zero-order chi connectivity index (χ0) is 18.1. The van der Waals surface area contributed by atoms with Crippen molar-refractivity contribution in [2.45, 2.75) is 25.8 Å². The summed E-state index contributed by atoms with van der Waals surface area (Å²) in [6.45, 7) is 6.07. The second-order valence-corrected chi connectivity index (χ2v) is 8.06. The molecule has 2 aliphatic rings. The van der Waals surface area contributed by atoms with E-state index < -0.39 is 0 Å². The number of rotatable bonds is 2. The number of aryl methyl sites for hydroxylation is 1. The molecular formula is C21H24ClN3S. The molecule has 0 amide bonds. The monoisotopic (exact) mass is 385 g/mol. The van der Waals surface area contributed by atoms with Crippen molar-refractivity contribution in [2.75, 3.05) is 31.5 Å². The van der Waals surface area contributed by atoms with Gasteiger partial charge in [-0.2, -0.15) is 0 Å². The summed E-state index contributed by atoms with van der Waals surface area (Å²) >= 11 is 11.9. The molecule has 3 nitrogen and oxygen atoms in total. The van der Waals surface area contributed by atoms with E-state index in [4.69, 9.17) is 23.8 Å². The van der Waals surface area contributed by atoms with E-state index in [1.54, 1.807) is 0 Å². The number of fused-ring (bicyclic) bond motifs is 1. The first kappa shape index (κ1) is 17.8. The number of halogens is 1. The SMILES string of the molecule is Cc1ccc(NC(=S)N2CCN(C3Cc4ccccc4C3)CC2)c(Cl)c1. The molecule has 1 aliphatic carbocycles. The second-order valence-electron chi connectivity index (χ2n) is 7.27. The van der Waals surface area contributed by atoms with E-state index in [-0.39, 0.29) is 0 Å². The van der Waals surface area contributed by atoms with Crippen LogP contribution in [-0.2, 0) is 12.8 Å². The van der Waals surface area contributed by atoms with Crippen LogP contribution in [0.3, 0.4) is 0 Å². The molecule has 1 fully saturated rings. The summed E-state index contributed by atoms with van der Waals surface area (Å²) in [5.74, 6) is 0. The van der Waals surface area contributed by atoms with Crippen molar-refractivity contribution < 1.29 is 0 Å². The fraction of sp³-hybridized carbons (Fsp3) is 0.381. The largest absolute Gasteiger partial charge is 0.346 e. The highest BCUT2D eigenvalue weighted by Crippen LogP contribution is 2.27. The Bertz CT molecular complexity index is 790. The molecule has 26 heavy (non-hydrogen) atoms. The van der Waals surface area contributed by atoms with Gasteiger partial charge in [-0.15, -0.1) is 0 Å². The maximum atomic E-state index is 6.32. The molecule has 0 aromatic heterocycles. The van der Waals surface area contributed by atoms with Crippen molar-refractivity contribution in [1.82, 2.24) is 9.80 Å². The molecule has 0 saturated carbocycles. The van der Waals surface area contributed by atoms with Gasteiger partial charge in [-0.05, 0) is 60.8 Å². The van der Waals surface area contributed by atoms with Crippen molar-refractivity contribution in [3.63, 3.8) is 0 Å². The predicted octanol–water partition coefficient (Wildman–Crippen LogP) is 4.13. The Morgan fingerprint density at radius 2 is 1.69 bits per heavy atom. The molecule has 2 aromatic rings. The summed E-state index contributed by atoms with van der Waals surface area (Å²) in [5.41, 5.74) is 5.07. The number of nitrogens with zero attached hydrogens (tertiary/aromatic N) is 2. The average Bonchev–Trinajstić information content (AvgIpc) is 3.08. The maximum Gasteiger partial charge on any atom is 0.173 e. The zero-order valence-corrected chi connectivity index (χ0v) is 16.6. The molecule has 0 atom stereocenters. The van der Waals surface area contributed by atoms with Gasteiger partial charge in [0.25, 0.3) is 0 Å². The Morgan fingerprint density at radius 1 is 1.04 bits per heavy atom. The molecule has 0 spiro atoms. The molecule has 0 radical (unpaired) electrons. The molecule has 1 aliphatic heterocycles. The summed E-state index contributed by atoms with van der Waals surface area (Å²) in [6.07, 6.45) is 2.36. The van der Waals surface area contributed by atoms with Crippen LogP contribution in [0.25, 0.3) is 0 Å². The first-order valence-corrected chi connectivity index (χ1v) is 10.0. The van der Waals surface area contributed by atoms with Crippen LogP contribution in [0.5, 0.6) is 0 Å². The summed E-state index contributed by atoms with van der Waals surface area (Å²) < 4.78 is 0. The lowest BCUT2D eigenvalue weighted by Gasteiger charge is -2.39. The lowest BCUT2D eigenvalue weighted by Crippen LogP contribution is -2.53. The molecule has 0 unspecified atom stereocenters. The second kappa shape index (κ2) is 7.55. The quantitative estimate of drug-likeness (QED) is 0.783. The van der Waals surface area contributed by atoms with Crippen molar-refractivity contribution in [3.8, 4) is 0 Å². The molecule has 1 N–H and O–H groups in total. The minimum Gasteiger partial charge on any atom is -0.346 e. The van der Waals surface area contributed by atoms with Crippen LogP contribution in [0.15, 0.2) is 42.5 Å². The van der Waals surface area contributed by atoms with Crippen LogP contribution >= 0.6 is 23.8 Å². The lowest BCUT2D eigenvalue weighted by molar-refractivity contribution is 0.137. The summed E-state index contributed by atoms with van der Waals surface area (Å²) in [7, 11) is 0. The van der Waals surface area contributed by atoms with E-state index >= 15 is 0 Å². The van der Waals surface area contributed by atoms with Crippen LogP contribution in [0.1, 0.15) is 16.7 Å². The van der Waals surface area contributed by atoms with Gasteiger partial charge in [0.15, 0.2) is 5.11 Å². The molecule has 136 valence electrons. The van der Waals surface area contributed by atoms with Gasteiger partial charge in [-0.3, -0.25) is 4.90 Å². The standard InChI is InChI=1S/C21H24ClN3S/c1-15-6-7-20(19(22)12-15)23-21(26)25-10-8-24(9-11-25)18-13-16-4-2-3-5-17(16)14-18/h2-7,12,18H,8-11,13-14H2,1H3,(H,23,26). The van der Waals surface area contributed by atoms with Crippen LogP contribution in [0.4, 0.5) is 5.69 Å². The topological polar surface area (TPSA) is 18.5 Å². The number of anilines is 1. The highest BCUT2D eigenvalue weighted by Gasteiger charge is 2.29. The van der Waals surface area contributed by atoms with Crippen LogP contribution < -0.4 is 5.32 Å². The molecule has 1 saturated heterocycles. The fourth-order valence-electron chi connectivity index (χ4n) is 4.00. The third-order valence-corrected chi connectivity index (χ3v) is 6.19. The summed E-state index contributed by atoms with van der Waals surface area (Å²) in [5, 5.41) is 4.80. The predicted molar refractivity (Wildman–Crippen MR) is 113 cm³/mol. The highest BCUT2D eigenvalue weighted by molar-refractivity contribution is 7.80. The van der Waals surface area contributed by atoms with Gasteiger partial charge in [0.05, 0.1) is 10.7 Å². The minimum absolute atomic E-state index is 0.641. The minimum atomic E-state index is 0.641. The highest BCUT2D eigenvalue weighted by atomic mass is 35.5. The number of hydrogen-bond donors (Lipinski definition) is 1. The van der Waals surface area contributed by atoms with Gasteiger partial charge in [-0.25, -0.2) is 0 Å². The van der Waals surface area contributed by atoms with Gasteiger partial charge < -0.3 is 10.2 Å². The van der Waals surface area contributed by atoms with E-state index in [2.05, 4.69) is 39.4 Å².